The largest absolute Gasteiger partial charge is 0.351 e. The summed E-state index contributed by atoms with van der Waals surface area (Å²) in [5.41, 5.74) is 4.23. The summed E-state index contributed by atoms with van der Waals surface area (Å²) in [6.45, 7) is 2.47. The van der Waals surface area contributed by atoms with Crippen LogP contribution in [0.5, 0.6) is 0 Å². The van der Waals surface area contributed by atoms with Crippen LogP contribution in [-0.2, 0) is 11.3 Å². The third kappa shape index (κ3) is 4.81. The van der Waals surface area contributed by atoms with Gasteiger partial charge in [-0.2, -0.15) is 0 Å². The molecule has 0 spiro atoms. The van der Waals surface area contributed by atoms with E-state index in [9.17, 15) is 4.79 Å². The number of amides is 1. The second-order valence-electron chi connectivity index (χ2n) is 7.12. The van der Waals surface area contributed by atoms with Crippen LogP contribution in [0, 0.1) is 6.92 Å². The van der Waals surface area contributed by atoms with Crippen molar-refractivity contribution in [1.82, 2.24) is 15.3 Å². The fourth-order valence-electron chi connectivity index (χ4n) is 3.44. The number of nitrogens with zero attached hydrogens (tertiary/aromatic N) is 2. The zero-order valence-electron chi connectivity index (χ0n) is 16.8. The van der Waals surface area contributed by atoms with Crippen LogP contribution in [0.15, 0.2) is 85.2 Å². The van der Waals surface area contributed by atoms with Crippen LogP contribution < -0.4 is 5.32 Å². The molecule has 0 saturated carbocycles. The molecule has 2 heterocycles. The minimum absolute atomic E-state index is 0.0286. The molecule has 0 saturated heterocycles. The van der Waals surface area contributed by atoms with Crippen molar-refractivity contribution in [3.05, 3.63) is 107 Å². The molecule has 0 unspecified atom stereocenters. The van der Waals surface area contributed by atoms with E-state index in [4.69, 9.17) is 0 Å². The van der Waals surface area contributed by atoms with Gasteiger partial charge in [-0.1, -0.05) is 60.7 Å². The van der Waals surface area contributed by atoms with Gasteiger partial charge in [0.2, 0.25) is 5.91 Å². The fraction of sp³-hybridized carbons (Fsp3) is 0.160. The summed E-state index contributed by atoms with van der Waals surface area (Å²) in [5.74, 6) is 0.0596. The van der Waals surface area contributed by atoms with E-state index in [-0.39, 0.29) is 11.8 Å². The normalized spacial score (nSPS) is 10.9. The minimum Gasteiger partial charge on any atom is -0.351 e. The molecular weight excluding hydrogens is 390 g/mol. The van der Waals surface area contributed by atoms with Gasteiger partial charge in [0.05, 0.1) is 12.2 Å². The van der Waals surface area contributed by atoms with Gasteiger partial charge in [0.25, 0.3) is 0 Å². The van der Waals surface area contributed by atoms with Crippen molar-refractivity contribution < 1.29 is 4.79 Å². The number of rotatable bonds is 7. The summed E-state index contributed by atoms with van der Waals surface area (Å²) in [4.78, 5) is 22.7. The second kappa shape index (κ2) is 9.46. The Labute approximate surface area is 180 Å². The molecule has 0 aliphatic carbocycles. The molecule has 5 heteroatoms. The first kappa shape index (κ1) is 20.0. The van der Waals surface area contributed by atoms with E-state index in [0.29, 0.717) is 13.0 Å². The SMILES string of the molecule is Cc1nc(-c2cccnc2)sc1CNC(=O)CC(c1ccccc1)c1ccccc1. The van der Waals surface area contributed by atoms with Gasteiger partial charge in [0.1, 0.15) is 5.01 Å². The smallest absolute Gasteiger partial charge is 0.221 e. The number of thiazole rings is 1. The van der Waals surface area contributed by atoms with Crippen molar-refractivity contribution in [2.45, 2.75) is 25.8 Å². The third-order valence-electron chi connectivity index (χ3n) is 5.04. The predicted molar refractivity (Wildman–Crippen MR) is 121 cm³/mol. The van der Waals surface area contributed by atoms with Crippen LogP contribution in [0.1, 0.15) is 34.0 Å². The lowest BCUT2D eigenvalue weighted by Crippen LogP contribution is -2.24. The molecule has 1 amide bonds. The predicted octanol–water partition coefficient (Wildman–Crippen LogP) is 5.35. The number of carbonyl (C=O) groups excluding carboxylic acids is 1. The van der Waals surface area contributed by atoms with Gasteiger partial charge in [-0.3, -0.25) is 9.78 Å². The molecule has 0 atom stereocenters. The highest BCUT2D eigenvalue weighted by Gasteiger charge is 2.18. The Morgan fingerprint density at radius 3 is 2.23 bits per heavy atom. The number of hydrogen-bond donors (Lipinski definition) is 1. The Bertz CT molecular complexity index is 1060. The van der Waals surface area contributed by atoms with Gasteiger partial charge in [0.15, 0.2) is 0 Å². The zero-order valence-corrected chi connectivity index (χ0v) is 17.6. The molecule has 0 aliphatic heterocycles. The number of benzene rings is 2. The van der Waals surface area contributed by atoms with Gasteiger partial charge in [0, 0.05) is 35.2 Å². The van der Waals surface area contributed by atoms with Gasteiger partial charge in [-0.15, -0.1) is 11.3 Å². The first-order chi connectivity index (χ1) is 14.7. The highest BCUT2D eigenvalue weighted by atomic mass is 32.1. The number of nitrogens with one attached hydrogen (secondary N) is 1. The molecule has 0 fully saturated rings. The Morgan fingerprint density at radius 1 is 0.967 bits per heavy atom. The van der Waals surface area contributed by atoms with Gasteiger partial charge in [-0.05, 0) is 30.2 Å². The molecule has 2 aromatic carbocycles. The highest BCUT2D eigenvalue weighted by molar-refractivity contribution is 7.15. The molecular formula is C25H23N3OS. The van der Waals surface area contributed by atoms with Crippen LogP contribution in [0.25, 0.3) is 10.6 Å². The molecule has 1 N–H and O–H groups in total. The number of pyridine rings is 1. The van der Waals surface area contributed by atoms with Crippen LogP contribution in [0.3, 0.4) is 0 Å². The Morgan fingerprint density at radius 2 is 1.63 bits per heavy atom. The molecule has 2 aromatic heterocycles. The Hall–Kier alpha value is -3.31. The summed E-state index contributed by atoms with van der Waals surface area (Å²) in [5, 5.41) is 4.02. The first-order valence-corrected chi connectivity index (χ1v) is 10.8. The lowest BCUT2D eigenvalue weighted by Gasteiger charge is -2.18. The highest BCUT2D eigenvalue weighted by Crippen LogP contribution is 2.29. The topological polar surface area (TPSA) is 54.9 Å². The minimum atomic E-state index is 0.0286. The maximum Gasteiger partial charge on any atom is 0.221 e. The molecule has 30 heavy (non-hydrogen) atoms. The Balaban J connectivity index is 1.45. The lowest BCUT2D eigenvalue weighted by molar-refractivity contribution is -0.121. The van der Waals surface area contributed by atoms with E-state index in [1.807, 2.05) is 61.7 Å². The van der Waals surface area contributed by atoms with Crippen molar-refractivity contribution in [3.8, 4) is 10.6 Å². The van der Waals surface area contributed by atoms with Crippen molar-refractivity contribution in [3.63, 3.8) is 0 Å². The van der Waals surface area contributed by atoms with Crippen LogP contribution in [0.2, 0.25) is 0 Å². The van der Waals surface area contributed by atoms with Crippen molar-refractivity contribution in [2.75, 3.05) is 0 Å². The van der Waals surface area contributed by atoms with E-state index in [2.05, 4.69) is 39.6 Å². The summed E-state index contributed by atoms with van der Waals surface area (Å²) in [6.07, 6.45) is 3.97. The number of aromatic nitrogens is 2. The van der Waals surface area contributed by atoms with Crippen LogP contribution >= 0.6 is 11.3 Å². The number of hydrogen-bond acceptors (Lipinski definition) is 4. The van der Waals surface area contributed by atoms with Crippen molar-refractivity contribution in [1.29, 1.82) is 0 Å². The Kier molecular flexibility index (Phi) is 6.30. The lowest BCUT2D eigenvalue weighted by atomic mass is 9.88. The van der Waals surface area contributed by atoms with Gasteiger partial charge >= 0.3 is 0 Å². The first-order valence-electron chi connectivity index (χ1n) is 9.94. The quantitative estimate of drug-likeness (QED) is 0.444. The fourth-order valence-corrected chi connectivity index (χ4v) is 4.43. The maximum absolute atomic E-state index is 12.8. The summed E-state index contributed by atoms with van der Waals surface area (Å²) >= 11 is 1.60. The molecule has 150 valence electrons. The molecule has 0 aliphatic rings. The average Bonchev–Trinajstić information content (AvgIpc) is 3.18. The second-order valence-corrected chi connectivity index (χ2v) is 8.21. The average molecular weight is 414 g/mol. The molecule has 0 radical (unpaired) electrons. The summed E-state index contributed by atoms with van der Waals surface area (Å²) in [6, 6.07) is 24.3. The number of carbonyl (C=O) groups is 1. The zero-order chi connectivity index (χ0) is 20.8. The standard InChI is InChI=1S/C25H23N3OS/c1-18-23(30-25(28-18)21-13-8-14-26-16-21)17-27-24(29)15-22(19-9-4-2-5-10-19)20-11-6-3-7-12-20/h2-14,16,22H,15,17H2,1H3,(H,27,29). The maximum atomic E-state index is 12.8. The van der Waals surface area contributed by atoms with E-state index in [1.165, 1.54) is 0 Å². The number of aryl methyl sites for hydroxylation is 1. The van der Waals surface area contributed by atoms with E-state index >= 15 is 0 Å². The molecule has 4 nitrogen and oxygen atoms in total. The van der Waals surface area contributed by atoms with Crippen molar-refractivity contribution >= 4 is 17.2 Å². The van der Waals surface area contributed by atoms with Crippen molar-refractivity contribution in [2.24, 2.45) is 0 Å². The monoisotopic (exact) mass is 413 g/mol. The third-order valence-corrected chi connectivity index (χ3v) is 6.25. The van der Waals surface area contributed by atoms with E-state index < -0.39 is 0 Å². The molecule has 4 rings (SSSR count). The van der Waals surface area contributed by atoms with Crippen LogP contribution in [0.4, 0.5) is 0 Å². The van der Waals surface area contributed by atoms with E-state index in [0.717, 1.165) is 32.3 Å². The summed E-state index contributed by atoms with van der Waals surface area (Å²) in [7, 11) is 0. The van der Waals surface area contributed by atoms with Crippen LogP contribution in [-0.4, -0.2) is 15.9 Å². The van der Waals surface area contributed by atoms with Gasteiger partial charge < -0.3 is 5.32 Å². The summed E-state index contributed by atoms with van der Waals surface area (Å²) < 4.78 is 0. The molecule has 4 aromatic rings. The van der Waals surface area contributed by atoms with E-state index in [1.54, 1.807) is 17.5 Å². The van der Waals surface area contributed by atoms with Gasteiger partial charge in [-0.25, -0.2) is 4.98 Å². The molecule has 0 bridgehead atoms.